The second kappa shape index (κ2) is 53.4. The van der Waals surface area contributed by atoms with Gasteiger partial charge in [-0.15, -0.1) is 0 Å². The van der Waals surface area contributed by atoms with Gasteiger partial charge in [-0.1, -0.05) is 215 Å². The maximum Gasteiger partial charge on any atom is 0.305 e. The third-order valence-corrected chi connectivity index (χ3v) is 14.4. The Kier molecular flexibility index (Phi) is 50.1. The SMILES string of the molecule is C/C=C/CC/C=C/CC/C=C/C(O)C(COC1OC(CO)C(O)C(O)C1O)NC(=O)CCCCCCCCCC/C=C\CCCCCCCCCCCCCCOC(=O)CCCCCCC/C=C\CCCCCCC. The van der Waals surface area contributed by atoms with Crippen molar-refractivity contribution in [1.82, 2.24) is 5.32 Å². The van der Waals surface area contributed by atoms with E-state index in [1.54, 1.807) is 6.08 Å². The summed E-state index contributed by atoms with van der Waals surface area (Å²) in [5.41, 5.74) is 0. The second-order valence-electron chi connectivity index (χ2n) is 21.4. The van der Waals surface area contributed by atoms with Gasteiger partial charge in [-0.05, 0) is 103 Å². The number of unbranched alkanes of at least 4 members (excludes halogenated alkanes) is 32. The molecule has 0 saturated carbocycles. The summed E-state index contributed by atoms with van der Waals surface area (Å²) in [4.78, 5) is 25.0. The lowest BCUT2D eigenvalue weighted by molar-refractivity contribution is -0.302. The molecule has 1 aliphatic heterocycles. The van der Waals surface area contributed by atoms with Gasteiger partial charge in [0.15, 0.2) is 6.29 Å². The van der Waals surface area contributed by atoms with Crippen molar-refractivity contribution < 1.29 is 49.3 Å². The van der Waals surface area contributed by atoms with Crippen molar-refractivity contribution in [1.29, 1.82) is 0 Å². The quantitative estimate of drug-likeness (QED) is 0.0195. The van der Waals surface area contributed by atoms with Crippen molar-refractivity contribution in [2.24, 2.45) is 0 Å². The van der Waals surface area contributed by atoms with Gasteiger partial charge in [-0.25, -0.2) is 0 Å². The molecule has 1 fully saturated rings. The van der Waals surface area contributed by atoms with Gasteiger partial charge in [0, 0.05) is 12.8 Å². The molecule has 6 N–H and O–H groups in total. The number of carbonyl (C=O) groups excluding carboxylic acids is 2. The number of hydrogen-bond donors (Lipinski definition) is 6. The third-order valence-electron chi connectivity index (χ3n) is 14.4. The first-order valence-corrected chi connectivity index (χ1v) is 31.0. The van der Waals surface area contributed by atoms with Crippen molar-refractivity contribution >= 4 is 11.9 Å². The van der Waals surface area contributed by atoms with Crippen LogP contribution in [0.25, 0.3) is 0 Å². The zero-order chi connectivity index (χ0) is 54.5. The van der Waals surface area contributed by atoms with Gasteiger partial charge in [-0.3, -0.25) is 9.59 Å². The monoisotopic (exact) mass is 1060 g/mol. The van der Waals surface area contributed by atoms with Crippen LogP contribution in [0.2, 0.25) is 0 Å². The third kappa shape index (κ3) is 43.0. The predicted molar refractivity (Wildman–Crippen MR) is 310 cm³/mol. The van der Waals surface area contributed by atoms with Crippen LogP contribution in [0.5, 0.6) is 0 Å². The highest BCUT2D eigenvalue weighted by Gasteiger charge is 2.44. The summed E-state index contributed by atoms with van der Waals surface area (Å²) in [5.74, 6) is -0.214. The maximum atomic E-state index is 13.0. The van der Waals surface area contributed by atoms with E-state index in [9.17, 15) is 35.1 Å². The summed E-state index contributed by atoms with van der Waals surface area (Å²) in [5, 5.41) is 54.1. The first-order chi connectivity index (χ1) is 36.7. The smallest absolute Gasteiger partial charge is 0.305 e. The summed E-state index contributed by atoms with van der Waals surface area (Å²) in [7, 11) is 0. The van der Waals surface area contributed by atoms with E-state index < -0.39 is 49.5 Å². The first kappa shape index (κ1) is 70.4. The van der Waals surface area contributed by atoms with Crippen LogP contribution < -0.4 is 5.32 Å². The fraction of sp³-hybridized carbons (Fsp3) is 0.812. The fourth-order valence-corrected chi connectivity index (χ4v) is 9.46. The lowest BCUT2D eigenvalue weighted by Crippen LogP contribution is -2.60. The summed E-state index contributed by atoms with van der Waals surface area (Å²) >= 11 is 0. The van der Waals surface area contributed by atoms with Crippen LogP contribution >= 0.6 is 0 Å². The molecule has 1 aliphatic rings. The Bertz CT molecular complexity index is 1430. The van der Waals surface area contributed by atoms with Gasteiger partial charge in [0.25, 0.3) is 0 Å². The van der Waals surface area contributed by atoms with Crippen molar-refractivity contribution in [3.63, 3.8) is 0 Å². The molecule has 75 heavy (non-hydrogen) atoms. The average Bonchev–Trinajstić information content (AvgIpc) is 3.41. The number of nitrogens with one attached hydrogen (secondary N) is 1. The molecule has 0 aromatic heterocycles. The van der Waals surface area contributed by atoms with E-state index in [0.717, 1.165) is 77.0 Å². The standard InChI is InChI=1S/C64H115NO10/c1-3-5-7-9-11-13-14-15-29-32-36-40-44-48-52-60(69)73-53-49-45-41-37-33-30-27-25-23-21-19-17-16-18-20-22-24-26-28-31-35-39-43-47-51-59(68)65-56(57(67)50-46-42-38-34-12-10-8-6-4-2)55-74-64-63(72)62(71)61(70)58(54-66)75-64/h4,6,12,14-15,18,20,34,46,50,56-58,61-64,66-67,70-72H,3,5,7-11,13,16-17,19,21-33,35-45,47-49,51-55H2,1-2H3,(H,65,68)/b6-4+,15-14-,20-18-,34-12+,50-46+. The molecule has 0 aromatic carbocycles. The maximum absolute atomic E-state index is 13.0. The van der Waals surface area contributed by atoms with Gasteiger partial charge < -0.3 is 45.1 Å². The Morgan fingerprint density at radius 1 is 0.507 bits per heavy atom. The lowest BCUT2D eigenvalue weighted by atomic mass is 9.99. The van der Waals surface area contributed by atoms with Crippen LogP contribution in [0.15, 0.2) is 60.8 Å². The Hall–Kier alpha value is -2.64. The van der Waals surface area contributed by atoms with E-state index in [1.165, 1.54) is 167 Å². The van der Waals surface area contributed by atoms with Gasteiger partial charge >= 0.3 is 5.97 Å². The minimum Gasteiger partial charge on any atom is -0.466 e. The summed E-state index contributed by atoms with van der Waals surface area (Å²) in [6, 6.07) is -0.837. The molecular weight excluding hydrogens is 943 g/mol. The van der Waals surface area contributed by atoms with Gasteiger partial charge in [-0.2, -0.15) is 0 Å². The Labute approximate surface area is 458 Å². The molecule has 11 nitrogen and oxygen atoms in total. The zero-order valence-corrected chi connectivity index (χ0v) is 48.0. The van der Waals surface area contributed by atoms with Gasteiger partial charge in [0.1, 0.15) is 24.4 Å². The van der Waals surface area contributed by atoms with Crippen LogP contribution in [0, 0.1) is 0 Å². The molecule has 0 radical (unpaired) electrons. The largest absolute Gasteiger partial charge is 0.466 e. The number of carbonyl (C=O) groups is 2. The predicted octanol–water partition coefficient (Wildman–Crippen LogP) is 14.6. The fourth-order valence-electron chi connectivity index (χ4n) is 9.46. The van der Waals surface area contributed by atoms with Crippen LogP contribution in [0.4, 0.5) is 0 Å². The van der Waals surface area contributed by atoms with Crippen molar-refractivity contribution in [2.45, 2.75) is 314 Å². The van der Waals surface area contributed by atoms with Gasteiger partial charge in [0.2, 0.25) is 5.91 Å². The van der Waals surface area contributed by atoms with Crippen molar-refractivity contribution in [3.8, 4) is 0 Å². The highest BCUT2D eigenvalue weighted by atomic mass is 16.7. The normalized spacial score (nSPS) is 19.2. The molecule has 1 rings (SSSR count). The molecule has 0 aromatic rings. The molecule has 0 spiro atoms. The van der Waals surface area contributed by atoms with Crippen LogP contribution in [0.1, 0.15) is 271 Å². The summed E-state index contributed by atoms with van der Waals surface area (Å²) in [6.07, 6.45) is 59.3. The Morgan fingerprint density at radius 3 is 1.40 bits per heavy atom. The van der Waals surface area contributed by atoms with E-state index >= 15 is 0 Å². The topological polar surface area (TPSA) is 175 Å². The number of esters is 1. The molecule has 1 amide bonds. The minimum absolute atomic E-state index is 0.00864. The molecule has 11 heteroatoms. The summed E-state index contributed by atoms with van der Waals surface area (Å²) < 4.78 is 16.7. The number of rotatable bonds is 53. The second-order valence-corrected chi connectivity index (χ2v) is 21.4. The van der Waals surface area contributed by atoms with Crippen LogP contribution in [-0.2, 0) is 23.8 Å². The average molecular weight is 1060 g/mol. The Balaban J connectivity index is 1.99. The highest BCUT2D eigenvalue weighted by molar-refractivity contribution is 5.76. The lowest BCUT2D eigenvalue weighted by Gasteiger charge is -2.40. The highest BCUT2D eigenvalue weighted by Crippen LogP contribution is 2.23. The first-order valence-electron chi connectivity index (χ1n) is 31.0. The van der Waals surface area contributed by atoms with Crippen molar-refractivity contribution in [2.75, 3.05) is 19.8 Å². The number of aliphatic hydroxyl groups is 5. The van der Waals surface area contributed by atoms with Gasteiger partial charge in [0.05, 0.1) is 32.0 Å². The van der Waals surface area contributed by atoms with E-state index in [2.05, 4.69) is 54.8 Å². The zero-order valence-electron chi connectivity index (χ0n) is 48.0. The molecular formula is C64H115NO10. The van der Waals surface area contributed by atoms with Crippen LogP contribution in [0.3, 0.4) is 0 Å². The number of hydrogen-bond acceptors (Lipinski definition) is 10. The Morgan fingerprint density at radius 2 is 0.920 bits per heavy atom. The number of allylic oxidation sites excluding steroid dienone is 9. The number of ether oxygens (including phenoxy) is 3. The minimum atomic E-state index is -1.58. The van der Waals surface area contributed by atoms with E-state index in [4.69, 9.17) is 14.2 Å². The molecule has 1 saturated heterocycles. The van der Waals surface area contributed by atoms with E-state index in [0.29, 0.717) is 19.4 Å². The van der Waals surface area contributed by atoms with Crippen LogP contribution in [-0.4, -0.2) is 100 Å². The van der Waals surface area contributed by atoms with E-state index in [1.807, 2.05) is 19.1 Å². The molecule has 7 atom stereocenters. The molecule has 436 valence electrons. The molecule has 0 aliphatic carbocycles. The summed E-state index contributed by atoms with van der Waals surface area (Å²) in [6.45, 7) is 4.07. The molecule has 1 heterocycles. The molecule has 0 bridgehead atoms. The van der Waals surface area contributed by atoms with Crippen molar-refractivity contribution in [3.05, 3.63) is 60.8 Å². The number of aliphatic hydroxyl groups excluding tert-OH is 5. The molecule has 7 unspecified atom stereocenters. The van der Waals surface area contributed by atoms with E-state index in [-0.39, 0.29) is 18.5 Å². The number of amides is 1.